The fraction of sp³-hybridized carbons (Fsp3) is 0.333. The van der Waals surface area contributed by atoms with Gasteiger partial charge in [0, 0.05) is 6.54 Å². The number of carbonyl (C=O) groups excluding carboxylic acids is 1. The molecule has 102 valence electrons. The summed E-state index contributed by atoms with van der Waals surface area (Å²) >= 11 is 5.79. The largest absolute Gasteiger partial charge is 0.480 e. The topological polar surface area (TPSA) is 69.6 Å². The van der Waals surface area contributed by atoms with Crippen LogP contribution in [-0.4, -0.2) is 34.6 Å². The van der Waals surface area contributed by atoms with Crippen molar-refractivity contribution in [1.82, 2.24) is 4.90 Å². The van der Waals surface area contributed by atoms with Gasteiger partial charge in [0.25, 0.3) is 0 Å². The first kappa shape index (κ1) is 13.6. The van der Waals surface area contributed by atoms with Crippen LogP contribution in [0.5, 0.6) is 0 Å². The smallest absolute Gasteiger partial charge is 0.326 e. The van der Waals surface area contributed by atoms with Gasteiger partial charge in [0.15, 0.2) is 0 Å². The van der Waals surface area contributed by atoms with Crippen LogP contribution < -0.4 is 5.32 Å². The lowest BCUT2D eigenvalue weighted by Gasteiger charge is -2.22. The third-order valence-electron chi connectivity index (χ3n) is 2.97. The highest BCUT2D eigenvalue weighted by molar-refractivity contribution is 6.33. The number of anilines is 1. The van der Waals surface area contributed by atoms with Crippen molar-refractivity contribution in [2.75, 3.05) is 11.9 Å². The molecule has 1 aliphatic rings. The molecule has 0 aromatic heterocycles. The zero-order valence-electron chi connectivity index (χ0n) is 9.90. The summed E-state index contributed by atoms with van der Waals surface area (Å²) < 4.78 is 12.9. The molecule has 2 amide bonds. The highest BCUT2D eigenvalue weighted by Gasteiger charge is 2.34. The summed E-state index contributed by atoms with van der Waals surface area (Å²) in [6, 6.07) is 2.22. The molecule has 1 saturated heterocycles. The van der Waals surface area contributed by atoms with Crippen LogP contribution in [0.15, 0.2) is 18.2 Å². The highest BCUT2D eigenvalue weighted by Crippen LogP contribution is 2.24. The maximum atomic E-state index is 12.9. The van der Waals surface area contributed by atoms with Crippen molar-refractivity contribution in [2.24, 2.45) is 0 Å². The molecule has 1 aromatic carbocycles. The van der Waals surface area contributed by atoms with Gasteiger partial charge in [0.05, 0.1) is 10.7 Å². The predicted octanol–water partition coefficient (Wildman–Crippen LogP) is 2.56. The van der Waals surface area contributed by atoms with Gasteiger partial charge in [-0.05, 0) is 31.0 Å². The van der Waals surface area contributed by atoms with E-state index in [1.165, 1.54) is 17.0 Å². The Morgan fingerprint density at radius 2 is 2.21 bits per heavy atom. The zero-order valence-corrected chi connectivity index (χ0v) is 10.7. The quantitative estimate of drug-likeness (QED) is 0.878. The molecular weight excluding hydrogens is 275 g/mol. The number of likely N-dealkylation sites (tertiary alicyclic amines) is 1. The summed E-state index contributed by atoms with van der Waals surface area (Å²) in [4.78, 5) is 24.2. The van der Waals surface area contributed by atoms with Crippen LogP contribution >= 0.6 is 11.6 Å². The van der Waals surface area contributed by atoms with Crippen LogP contribution in [0.2, 0.25) is 5.02 Å². The molecule has 1 heterocycles. The van der Waals surface area contributed by atoms with E-state index in [2.05, 4.69) is 5.32 Å². The molecule has 1 atom stereocenters. The van der Waals surface area contributed by atoms with E-state index in [4.69, 9.17) is 16.7 Å². The van der Waals surface area contributed by atoms with E-state index >= 15 is 0 Å². The second-order valence-corrected chi connectivity index (χ2v) is 4.65. The molecule has 7 heteroatoms. The Morgan fingerprint density at radius 1 is 1.47 bits per heavy atom. The maximum Gasteiger partial charge on any atom is 0.326 e. The van der Waals surface area contributed by atoms with Gasteiger partial charge in [-0.25, -0.2) is 14.0 Å². The minimum Gasteiger partial charge on any atom is -0.480 e. The average Bonchev–Trinajstić information content (AvgIpc) is 2.82. The van der Waals surface area contributed by atoms with Crippen molar-refractivity contribution in [3.8, 4) is 0 Å². The second-order valence-electron chi connectivity index (χ2n) is 4.24. The maximum absolute atomic E-state index is 12.9. The monoisotopic (exact) mass is 286 g/mol. The zero-order chi connectivity index (χ0) is 14.0. The van der Waals surface area contributed by atoms with Gasteiger partial charge in [-0.15, -0.1) is 0 Å². The molecule has 19 heavy (non-hydrogen) atoms. The summed E-state index contributed by atoms with van der Waals surface area (Å²) in [5.74, 6) is -1.54. The van der Waals surface area contributed by atoms with E-state index in [9.17, 15) is 14.0 Å². The lowest BCUT2D eigenvalue weighted by Crippen LogP contribution is -2.42. The number of carboxylic acid groups (broad SMARTS) is 1. The number of carboxylic acids is 1. The first-order valence-electron chi connectivity index (χ1n) is 5.74. The first-order chi connectivity index (χ1) is 8.99. The minimum atomic E-state index is -1.03. The SMILES string of the molecule is O=C(O)[C@H]1CCCN1C(=O)Nc1ccc(F)cc1Cl. The number of nitrogens with zero attached hydrogens (tertiary/aromatic N) is 1. The molecule has 2 rings (SSSR count). The normalized spacial score (nSPS) is 18.4. The molecule has 0 bridgehead atoms. The molecule has 0 spiro atoms. The lowest BCUT2D eigenvalue weighted by atomic mass is 10.2. The average molecular weight is 287 g/mol. The van der Waals surface area contributed by atoms with Crippen molar-refractivity contribution in [3.63, 3.8) is 0 Å². The highest BCUT2D eigenvalue weighted by atomic mass is 35.5. The number of hydrogen-bond acceptors (Lipinski definition) is 2. The summed E-state index contributed by atoms with van der Waals surface area (Å²) in [6.45, 7) is 0.377. The van der Waals surface area contributed by atoms with Crippen LogP contribution in [0.25, 0.3) is 0 Å². The van der Waals surface area contributed by atoms with Crippen LogP contribution in [0.4, 0.5) is 14.9 Å². The van der Waals surface area contributed by atoms with Gasteiger partial charge in [-0.1, -0.05) is 11.6 Å². The van der Waals surface area contributed by atoms with Crippen molar-refractivity contribution in [1.29, 1.82) is 0 Å². The third kappa shape index (κ3) is 2.96. The van der Waals surface area contributed by atoms with E-state index in [0.29, 0.717) is 19.4 Å². The summed E-state index contributed by atoms with van der Waals surface area (Å²) in [5.41, 5.74) is 0.254. The molecule has 0 radical (unpaired) electrons. The predicted molar refractivity (Wildman–Crippen MR) is 67.8 cm³/mol. The Balaban J connectivity index is 2.10. The number of urea groups is 1. The first-order valence-corrected chi connectivity index (χ1v) is 6.12. The minimum absolute atomic E-state index is 0.0689. The van der Waals surface area contributed by atoms with Crippen LogP contribution in [0.1, 0.15) is 12.8 Å². The van der Waals surface area contributed by atoms with Crippen molar-refractivity contribution < 1.29 is 19.1 Å². The van der Waals surface area contributed by atoms with Gasteiger partial charge in [-0.3, -0.25) is 0 Å². The van der Waals surface area contributed by atoms with Crippen LogP contribution in [-0.2, 0) is 4.79 Å². The van der Waals surface area contributed by atoms with Gasteiger partial charge in [0.2, 0.25) is 0 Å². The molecular formula is C12H12ClFN2O3. The van der Waals surface area contributed by atoms with E-state index < -0.39 is 23.9 Å². The summed E-state index contributed by atoms with van der Waals surface area (Å²) in [5, 5.41) is 11.6. The number of rotatable bonds is 2. The van der Waals surface area contributed by atoms with Crippen molar-refractivity contribution in [3.05, 3.63) is 29.0 Å². The van der Waals surface area contributed by atoms with Gasteiger partial charge in [-0.2, -0.15) is 0 Å². The number of hydrogen-bond donors (Lipinski definition) is 2. The molecule has 1 aromatic rings. The molecule has 1 aliphatic heterocycles. The Labute approximate surface area is 114 Å². The molecule has 5 nitrogen and oxygen atoms in total. The second kappa shape index (κ2) is 5.44. The third-order valence-corrected chi connectivity index (χ3v) is 3.28. The summed E-state index contributed by atoms with van der Waals surface area (Å²) in [7, 11) is 0. The Hall–Kier alpha value is -1.82. The number of carbonyl (C=O) groups is 2. The number of aliphatic carboxylic acids is 1. The van der Waals surface area contributed by atoms with E-state index in [-0.39, 0.29) is 10.7 Å². The van der Waals surface area contributed by atoms with Crippen LogP contribution in [0.3, 0.4) is 0 Å². The van der Waals surface area contributed by atoms with Crippen LogP contribution in [0, 0.1) is 5.82 Å². The molecule has 1 fully saturated rings. The summed E-state index contributed by atoms with van der Waals surface area (Å²) in [6.07, 6.45) is 1.07. The molecule has 0 unspecified atom stereocenters. The van der Waals surface area contributed by atoms with Gasteiger partial charge >= 0.3 is 12.0 Å². The number of halogens is 2. The number of nitrogens with one attached hydrogen (secondary N) is 1. The fourth-order valence-corrected chi connectivity index (χ4v) is 2.26. The van der Waals surface area contributed by atoms with Crippen molar-refractivity contribution in [2.45, 2.75) is 18.9 Å². The lowest BCUT2D eigenvalue weighted by molar-refractivity contribution is -0.141. The molecule has 0 saturated carbocycles. The van der Waals surface area contributed by atoms with E-state index in [0.717, 1.165) is 6.07 Å². The Bertz CT molecular complexity index is 524. The Morgan fingerprint density at radius 3 is 2.84 bits per heavy atom. The van der Waals surface area contributed by atoms with Gasteiger partial charge < -0.3 is 15.3 Å². The molecule has 2 N–H and O–H groups in total. The van der Waals surface area contributed by atoms with Gasteiger partial charge in [0.1, 0.15) is 11.9 Å². The molecule has 0 aliphatic carbocycles. The standard InChI is InChI=1S/C12H12ClFN2O3/c13-8-6-7(14)3-4-9(8)15-12(19)16-5-1-2-10(16)11(17)18/h3-4,6,10H,1-2,5H2,(H,15,19)(H,17,18)/t10-/m1/s1. The number of amides is 2. The van der Waals surface area contributed by atoms with E-state index in [1.807, 2.05) is 0 Å². The van der Waals surface area contributed by atoms with Crippen molar-refractivity contribution >= 4 is 29.3 Å². The fourth-order valence-electron chi connectivity index (χ4n) is 2.04. The Kier molecular flexibility index (Phi) is 3.90. The van der Waals surface area contributed by atoms with E-state index in [1.54, 1.807) is 0 Å². The number of benzene rings is 1.